The van der Waals surface area contributed by atoms with E-state index in [9.17, 15) is 4.39 Å². The number of hydrogen-bond acceptors (Lipinski definition) is 1. The Hall–Kier alpha value is -0.120. The lowest BCUT2D eigenvalue weighted by atomic mass is 10.2. The summed E-state index contributed by atoms with van der Waals surface area (Å²) in [6.45, 7) is 1.51. The van der Waals surface area contributed by atoms with Gasteiger partial charge in [0.2, 0.25) is 0 Å². The molecule has 0 unspecified atom stereocenters. The fraction of sp³-hybridized carbons (Fsp3) is 0.400. The van der Waals surface area contributed by atoms with E-state index in [0.29, 0.717) is 12.4 Å². The Labute approximate surface area is 97.0 Å². The van der Waals surface area contributed by atoms with E-state index in [-0.39, 0.29) is 5.82 Å². The fourth-order valence-electron chi connectivity index (χ4n) is 1.24. The summed E-state index contributed by atoms with van der Waals surface area (Å²) in [5, 5.41) is 0. The van der Waals surface area contributed by atoms with Gasteiger partial charge in [-0.05, 0) is 30.8 Å². The van der Waals surface area contributed by atoms with E-state index in [1.807, 2.05) is 18.0 Å². The smallest absolute Gasteiger partial charge is 0.124 e. The minimum atomic E-state index is -0.214. The molecule has 78 valence electrons. The lowest BCUT2D eigenvalue weighted by Gasteiger charge is -2.14. The zero-order chi connectivity index (χ0) is 10.6. The predicted molar refractivity (Wildman–Crippen MR) is 61.2 cm³/mol. The average Bonchev–Trinajstić information content (AvgIpc) is 2.01. The van der Waals surface area contributed by atoms with Gasteiger partial charge < -0.3 is 4.90 Å². The average molecular weight is 281 g/mol. The Morgan fingerprint density at radius 2 is 2.14 bits per heavy atom. The summed E-state index contributed by atoms with van der Waals surface area (Å²) in [7, 11) is 1.96. The van der Waals surface area contributed by atoms with Crippen molar-refractivity contribution in [3.8, 4) is 0 Å². The quantitative estimate of drug-likeness (QED) is 0.765. The summed E-state index contributed by atoms with van der Waals surface area (Å²) >= 11 is 8.86. The maximum atomic E-state index is 13.0. The normalized spacial score (nSPS) is 10.9. The highest BCUT2D eigenvalue weighted by Gasteiger charge is 2.02. The molecule has 0 N–H and O–H groups in total. The van der Waals surface area contributed by atoms with Gasteiger partial charge in [0, 0.05) is 23.4 Å². The first-order chi connectivity index (χ1) is 6.61. The maximum absolute atomic E-state index is 13.0. The molecule has 0 fully saturated rings. The van der Waals surface area contributed by atoms with Gasteiger partial charge in [0.25, 0.3) is 0 Å². The third-order valence-corrected chi connectivity index (χ3v) is 2.47. The van der Waals surface area contributed by atoms with Gasteiger partial charge in [-0.25, -0.2) is 4.39 Å². The molecule has 1 aromatic rings. The van der Waals surface area contributed by atoms with Crippen LogP contribution in [0.4, 0.5) is 4.39 Å². The lowest BCUT2D eigenvalue weighted by Crippen LogP contribution is -2.20. The van der Waals surface area contributed by atoms with Gasteiger partial charge in [-0.15, -0.1) is 11.6 Å². The van der Waals surface area contributed by atoms with Gasteiger partial charge in [-0.2, -0.15) is 0 Å². The van der Waals surface area contributed by atoms with Gasteiger partial charge >= 0.3 is 0 Å². The topological polar surface area (TPSA) is 3.24 Å². The van der Waals surface area contributed by atoms with Crippen molar-refractivity contribution in [3.63, 3.8) is 0 Å². The van der Waals surface area contributed by atoms with Crippen LogP contribution in [0.2, 0.25) is 0 Å². The number of rotatable bonds is 4. The van der Waals surface area contributed by atoms with Crippen molar-refractivity contribution in [1.82, 2.24) is 4.90 Å². The minimum Gasteiger partial charge on any atom is -0.301 e. The van der Waals surface area contributed by atoms with E-state index in [4.69, 9.17) is 11.6 Å². The standard InChI is InChI=1S/C10H12BrClFN/c1-14(3-2-12)7-8-4-9(11)6-10(13)5-8/h4-6H,2-3,7H2,1H3. The SMILES string of the molecule is CN(CCCl)Cc1cc(F)cc(Br)c1. The molecule has 0 aliphatic rings. The Bertz CT molecular complexity index is 286. The molecule has 0 bridgehead atoms. The number of hydrogen-bond donors (Lipinski definition) is 0. The molecular weight excluding hydrogens is 268 g/mol. The van der Waals surface area contributed by atoms with E-state index >= 15 is 0 Å². The number of benzene rings is 1. The van der Waals surface area contributed by atoms with Gasteiger partial charge in [-0.3, -0.25) is 0 Å². The second kappa shape index (κ2) is 5.69. The van der Waals surface area contributed by atoms with Crippen LogP contribution >= 0.6 is 27.5 Å². The molecule has 0 atom stereocenters. The first-order valence-corrected chi connectivity index (χ1v) is 5.64. The van der Waals surface area contributed by atoms with Crippen molar-refractivity contribution in [1.29, 1.82) is 0 Å². The van der Waals surface area contributed by atoms with E-state index < -0.39 is 0 Å². The van der Waals surface area contributed by atoms with Gasteiger partial charge in [-0.1, -0.05) is 15.9 Å². The number of nitrogens with zero attached hydrogens (tertiary/aromatic N) is 1. The molecule has 0 aromatic heterocycles. The minimum absolute atomic E-state index is 0.214. The molecule has 0 spiro atoms. The molecular formula is C10H12BrClFN. The molecule has 4 heteroatoms. The highest BCUT2D eigenvalue weighted by Crippen LogP contribution is 2.15. The van der Waals surface area contributed by atoms with E-state index in [1.54, 1.807) is 0 Å². The predicted octanol–water partition coefficient (Wildman–Crippen LogP) is 3.26. The van der Waals surface area contributed by atoms with Crippen molar-refractivity contribution >= 4 is 27.5 Å². The summed E-state index contributed by atoms with van der Waals surface area (Å²) in [4.78, 5) is 2.05. The Morgan fingerprint density at radius 1 is 1.43 bits per heavy atom. The summed E-state index contributed by atoms with van der Waals surface area (Å²) in [6.07, 6.45) is 0. The summed E-state index contributed by atoms with van der Waals surface area (Å²) in [5.74, 6) is 0.376. The highest BCUT2D eigenvalue weighted by atomic mass is 79.9. The third-order valence-electron chi connectivity index (χ3n) is 1.84. The third kappa shape index (κ3) is 3.95. The maximum Gasteiger partial charge on any atom is 0.124 e. The van der Waals surface area contributed by atoms with Crippen LogP contribution < -0.4 is 0 Å². The van der Waals surface area contributed by atoms with E-state index in [2.05, 4.69) is 15.9 Å². The van der Waals surface area contributed by atoms with Crippen molar-refractivity contribution in [2.45, 2.75) is 6.54 Å². The molecule has 0 heterocycles. The zero-order valence-corrected chi connectivity index (χ0v) is 10.3. The van der Waals surface area contributed by atoms with Crippen LogP contribution in [0.1, 0.15) is 5.56 Å². The number of halogens is 3. The van der Waals surface area contributed by atoms with Crippen molar-refractivity contribution in [2.24, 2.45) is 0 Å². The highest BCUT2D eigenvalue weighted by molar-refractivity contribution is 9.10. The lowest BCUT2D eigenvalue weighted by molar-refractivity contribution is 0.347. The monoisotopic (exact) mass is 279 g/mol. The molecule has 0 saturated carbocycles. The molecule has 14 heavy (non-hydrogen) atoms. The van der Waals surface area contributed by atoms with Crippen LogP contribution in [0.5, 0.6) is 0 Å². The Balaban J connectivity index is 2.66. The molecule has 1 aromatic carbocycles. The summed E-state index contributed by atoms with van der Waals surface area (Å²) in [5.41, 5.74) is 0.949. The van der Waals surface area contributed by atoms with Crippen molar-refractivity contribution in [2.75, 3.05) is 19.5 Å². The molecule has 1 rings (SSSR count). The second-order valence-corrected chi connectivity index (χ2v) is 4.50. The van der Waals surface area contributed by atoms with Gasteiger partial charge in [0.1, 0.15) is 5.82 Å². The van der Waals surface area contributed by atoms with Gasteiger partial charge in [0.05, 0.1) is 0 Å². The molecule has 0 aliphatic heterocycles. The van der Waals surface area contributed by atoms with Crippen LogP contribution in [0.15, 0.2) is 22.7 Å². The summed E-state index contributed by atoms with van der Waals surface area (Å²) < 4.78 is 13.8. The van der Waals surface area contributed by atoms with Crippen LogP contribution in [-0.2, 0) is 6.54 Å². The summed E-state index contributed by atoms with van der Waals surface area (Å²) in [6, 6.07) is 4.90. The van der Waals surface area contributed by atoms with Crippen molar-refractivity contribution < 1.29 is 4.39 Å². The van der Waals surface area contributed by atoms with Crippen LogP contribution in [0, 0.1) is 5.82 Å². The molecule has 0 saturated heterocycles. The largest absolute Gasteiger partial charge is 0.301 e. The van der Waals surface area contributed by atoms with E-state index in [0.717, 1.165) is 16.6 Å². The Morgan fingerprint density at radius 3 is 2.71 bits per heavy atom. The molecule has 1 nitrogen and oxygen atoms in total. The zero-order valence-electron chi connectivity index (χ0n) is 7.93. The van der Waals surface area contributed by atoms with E-state index in [1.165, 1.54) is 12.1 Å². The molecule has 0 amide bonds. The first-order valence-electron chi connectivity index (χ1n) is 4.31. The van der Waals surface area contributed by atoms with Crippen LogP contribution in [-0.4, -0.2) is 24.4 Å². The Kier molecular flexibility index (Phi) is 4.85. The van der Waals surface area contributed by atoms with Gasteiger partial charge in [0.15, 0.2) is 0 Å². The number of alkyl halides is 1. The first kappa shape index (κ1) is 12.0. The molecule has 0 aliphatic carbocycles. The van der Waals surface area contributed by atoms with Crippen LogP contribution in [0.3, 0.4) is 0 Å². The fourth-order valence-corrected chi connectivity index (χ4v) is 2.04. The van der Waals surface area contributed by atoms with Crippen LogP contribution in [0.25, 0.3) is 0 Å². The second-order valence-electron chi connectivity index (χ2n) is 3.20. The van der Waals surface area contributed by atoms with Crippen molar-refractivity contribution in [3.05, 3.63) is 34.1 Å². The molecule has 0 radical (unpaired) electrons.